The van der Waals surface area contributed by atoms with Crippen molar-refractivity contribution < 1.29 is 27.2 Å². The number of halogens is 4. The van der Waals surface area contributed by atoms with Gasteiger partial charge in [0.2, 0.25) is 0 Å². The van der Waals surface area contributed by atoms with Crippen LogP contribution in [0.15, 0.2) is 18.2 Å². The van der Waals surface area contributed by atoms with Gasteiger partial charge in [-0.2, -0.15) is 13.2 Å². The Hall–Kier alpha value is -2.12. The second-order valence-corrected chi connectivity index (χ2v) is 3.85. The van der Waals surface area contributed by atoms with Gasteiger partial charge in [0.1, 0.15) is 5.82 Å². The summed E-state index contributed by atoms with van der Waals surface area (Å²) in [4.78, 5) is 22.3. The molecule has 0 aliphatic heterocycles. The summed E-state index contributed by atoms with van der Waals surface area (Å²) in [5, 5.41) is 4.34. The highest BCUT2D eigenvalue weighted by Gasteiger charge is 2.31. The van der Waals surface area contributed by atoms with Crippen LogP contribution in [0, 0.1) is 5.82 Å². The van der Waals surface area contributed by atoms with Gasteiger partial charge in [-0.05, 0) is 19.1 Å². The fourth-order valence-electron chi connectivity index (χ4n) is 1.36. The lowest BCUT2D eigenvalue weighted by molar-refractivity contribution is -0.139. The number of rotatable bonds is 3. The van der Waals surface area contributed by atoms with E-state index in [9.17, 15) is 27.2 Å². The number of amides is 2. The Balaban J connectivity index is 2.70. The second-order valence-electron chi connectivity index (χ2n) is 3.85. The summed E-state index contributed by atoms with van der Waals surface area (Å²) in [7, 11) is 0. The van der Waals surface area contributed by atoms with E-state index in [1.807, 2.05) is 0 Å². The molecule has 2 N–H and O–H groups in total. The van der Waals surface area contributed by atoms with E-state index < -0.39 is 29.4 Å². The Bertz CT molecular complexity index is 515. The summed E-state index contributed by atoms with van der Waals surface area (Å²) in [5.74, 6) is -2.97. The van der Waals surface area contributed by atoms with Gasteiger partial charge >= 0.3 is 18.0 Å². The molecule has 0 radical (unpaired) electrons. The van der Waals surface area contributed by atoms with Crippen LogP contribution in [0.2, 0.25) is 0 Å². The van der Waals surface area contributed by atoms with Crippen LogP contribution in [-0.2, 0) is 22.3 Å². The van der Waals surface area contributed by atoms with Gasteiger partial charge in [0.05, 0.1) is 5.56 Å². The average molecular weight is 292 g/mol. The molecule has 0 heterocycles. The minimum Gasteiger partial charge on any atom is -0.348 e. The van der Waals surface area contributed by atoms with Crippen molar-refractivity contribution in [2.24, 2.45) is 0 Å². The molecule has 1 aromatic carbocycles. The number of alkyl halides is 3. The van der Waals surface area contributed by atoms with Crippen LogP contribution >= 0.6 is 0 Å². The quantitative estimate of drug-likeness (QED) is 0.656. The smallest absolute Gasteiger partial charge is 0.348 e. The Morgan fingerprint density at radius 1 is 1.15 bits per heavy atom. The summed E-state index contributed by atoms with van der Waals surface area (Å²) in [5.41, 5.74) is -1.26. The minimum atomic E-state index is -4.64. The highest BCUT2D eigenvalue weighted by atomic mass is 19.4. The third kappa shape index (κ3) is 4.22. The number of carbonyl (C=O) groups is 2. The van der Waals surface area contributed by atoms with Crippen molar-refractivity contribution in [3.63, 3.8) is 0 Å². The molecule has 110 valence electrons. The Kier molecular flexibility index (Phi) is 5.06. The van der Waals surface area contributed by atoms with Crippen molar-refractivity contribution in [1.29, 1.82) is 0 Å². The first-order valence-electron chi connectivity index (χ1n) is 5.67. The van der Waals surface area contributed by atoms with E-state index in [-0.39, 0.29) is 18.7 Å². The van der Waals surface area contributed by atoms with Gasteiger partial charge in [-0.3, -0.25) is 9.59 Å². The highest BCUT2D eigenvalue weighted by Crippen LogP contribution is 2.30. The minimum absolute atomic E-state index is 0.143. The van der Waals surface area contributed by atoms with E-state index in [1.54, 1.807) is 6.92 Å². The lowest BCUT2D eigenvalue weighted by Crippen LogP contribution is -2.39. The fraction of sp³-hybridized carbons (Fsp3) is 0.333. The van der Waals surface area contributed by atoms with E-state index in [1.165, 1.54) is 0 Å². The molecule has 4 nitrogen and oxygen atoms in total. The van der Waals surface area contributed by atoms with Gasteiger partial charge in [0.15, 0.2) is 0 Å². The molecule has 0 aliphatic rings. The van der Waals surface area contributed by atoms with Crippen LogP contribution in [0.1, 0.15) is 18.1 Å². The van der Waals surface area contributed by atoms with Gasteiger partial charge in [-0.25, -0.2) is 4.39 Å². The van der Waals surface area contributed by atoms with Gasteiger partial charge in [0.25, 0.3) is 0 Å². The largest absolute Gasteiger partial charge is 0.416 e. The maximum absolute atomic E-state index is 13.4. The molecule has 8 heteroatoms. The van der Waals surface area contributed by atoms with Crippen LogP contribution in [-0.4, -0.2) is 18.4 Å². The number of carbonyl (C=O) groups excluding carboxylic acids is 2. The summed E-state index contributed by atoms with van der Waals surface area (Å²) in [6.07, 6.45) is -4.64. The first-order chi connectivity index (χ1) is 9.25. The molecular weight excluding hydrogens is 280 g/mol. The van der Waals surface area contributed by atoms with Crippen molar-refractivity contribution in [2.45, 2.75) is 19.6 Å². The van der Waals surface area contributed by atoms with Gasteiger partial charge < -0.3 is 10.6 Å². The number of benzene rings is 1. The zero-order chi connectivity index (χ0) is 15.3. The third-order valence-corrected chi connectivity index (χ3v) is 2.36. The molecule has 0 unspecified atom stereocenters. The third-order valence-electron chi connectivity index (χ3n) is 2.36. The van der Waals surface area contributed by atoms with E-state index in [2.05, 4.69) is 10.6 Å². The monoisotopic (exact) mass is 292 g/mol. The van der Waals surface area contributed by atoms with Gasteiger partial charge in [-0.1, -0.05) is 6.07 Å². The molecule has 0 aromatic heterocycles. The van der Waals surface area contributed by atoms with Gasteiger partial charge in [-0.15, -0.1) is 0 Å². The topological polar surface area (TPSA) is 58.2 Å². The Morgan fingerprint density at radius 2 is 1.75 bits per heavy atom. The Labute approximate surface area is 112 Å². The van der Waals surface area contributed by atoms with Crippen molar-refractivity contribution >= 4 is 11.8 Å². The van der Waals surface area contributed by atoms with Crippen LogP contribution in [0.3, 0.4) is 0 Å². The van der Waals surface area contributed by atoms with Crippen molar-refractivity contribution in [1.82, 2.24) is 10.6 Å². The first-order valence-corrected chi connectivity index (χ1v) is 5.67. The average Bonchev–Trinajstić information content (AvgIpc) is 2.36. The first kappa shape index (κ1) is 15.9. The summed E-state index contributed by atoms with van der Waals surface area (Å²) in [6.45, 7) is 1.49. The normalized spacial score (nSPS) is 11.1. The summed E-state index contributed by atoms with van der Waals surface area (Å²) in [6, 6.07) is 1.96. The molecule has 0 saturated carbocycles. The summed E-state index contributed by atoms with van der Waals surface area (Å²) < 4.78 is 50.4. The van der Waals surface area contributed by atoms with Crippen LogP contribution in [0.4, 0.5) is 17.6 Å². The molecule has 0 spiro atoms. The molecule has 0 fully saturated rings. The summed E-state index contributed by atoms with van der Waals surface area (Å²) >= 11 is 0. The zero-order valence-corrected chi connectivity index (χ0v) is 10.5. The molecule has 0 saturated heterocycles. The maximum Gasteiger partial charge on any atom is 0.416 e. The SMILES string of the molecule is CCNC(=O)C(=O)NCc1ccc(C(F)(F)F)cc1F. The van der Waals surface area contributed by atoms with E-state index in [0.29, 0.717) is 12.1 Å². The number of nitrogens with one attached hydrogen (secondary N) is 2. The maximum atomic E-state index is 13.4. The highest BCUT2D eigenvalue weighted by molar-refractivity contribution is 6.35. The van der Waals surface area contributed by atoms with Crippen LogP contribution < -0.4 is 10.6 Å². The Morgan fingerprint density at radius 3 is 2.25 bits per heavy atom. The van der Waals surface area contributed by atoms with Crippen molar-refractivity contribution in [3.05, 3.63) is 35.1 Å². The number of hydrogen-bond acceptors (Lipinski definition) is 2. The molecular formula is C12H12F4N2O2. The predicted molar refractivity (Wildman–Crippen MR) is 61.9 cm³/mol. The van der Waals surface area contributed by atoms with Gasteiger partial charge in [0, 0.05) is 18.7 Å². The van der Waals surface area contributed by atoms with Crippen LogP contribution in [0.5, 0.6) is 0 Å². The van der Waals surface area contributed by atoms with Crippen molar-refractivity contribution in [3.8, 4) is 0 Å². The number of likely N-dealkylation sites (N-methyl/N-ethyl adjacent to an activating group) is 1. The number of hydrogen-bond donors (Lipinski definition) is 2. The lowest BCUT2D eigenvalue weighted by Gasteiger charge is -2.10. The molecule has 0 aliphatic carbocycles. The molecule has 1 rings (SSSR count). The van der Waals surface area contributed by atoms with E-state index in [4.69, 9.17) is 0 Å². The molecule has 0 bridgehead atoms. The lowest BCUT2D eigenvalue weighted by atomic mass is 10.1. The zero-order valence-electron chi connectivity index (χ0n) is 10.5. The van der Waals surface area contributed by atoms with Crippen molar-refractivity contribution in [2.75, 3.05) is 6.54 Å². The predicted octanol–water partition coefficient (Wildman–Crippen LogP) is 1.60. The molecule has 0 atom stereocenters. The van der Waals surface area contributed by atoms with E-state index in [0.717, 1.165) is 6.07 Å². The molecule has 1 aromatic rings. The van der Waals surface area contributed by atoms with Crippen LogP contribution in [0.25, 0.3) is 0 Å². The standard InChI is InChI=1S/C12H12F4N2O2/c1-2-17-10(19)11(20)18-6-7-3-4-8(5-9(7)13)12(14,15)16/h3-5H,2,6H2,1H3,(H,17,19)(H,18,20). The molecule has 20 heavy (non-hydrogen) atoms. The second kappa shape index (κ2) is 6.36. The van der Waals surface area contributed by atoms with E-state index >= 15 is 0 Å². The molecule has 2 amide bonds. The fourth-order valence-corrected chi connectivity index (χ4v) is 1.36.